The molecular weight excluding hydrogens is 241 g/mol. The van der Waals surface area contributed by atoms with Gasteiger partial charge in [-0.15, -0.1) is 0 Å². The Kier molecular flexibility index (Phi) is 5.83. The number of nitrogen functional groups attached to an aromatic ring is 1. The van der Waals surface area contributed by atoms with E-state index in [1.807, 2.05) is 0 Å². The number of halogens is 1. The van der Waals surface area contributed by atoms with E-state index in [-0.39, 0.29) is 11.3 Å². The third kappa shape index (κ3) is 4.65. The van der Waals surface area contributed by atoms with E-state index < -0.39 is 11.8 Å². The first-order valence-corrected chi connectivity index (χ1v) is 6.60. The Hall–Kier alpha value is -1.23. The second-order valence-electron chi connectivity index (χ2n) is 3.42. The van der Waals surface area contributed by atoms with Gasteiger partial charge in [-0.1, -0.05) is 6.92 Å². The van der Waals surface area contributed by atoms with Crippen LogP contribution in [0.25, 0.3) is 0 Å². The summed E-state index contributed by atoms with van der Waals surface area (Å²) in [6, 6.07) is 3.92. The summed E-state index contributed by atoms with van der Waals surface area (Å²) in [7, 11) is 0. The van der Waals surface area contributed by atoms with E-state index in [1.165, 1.54) is 12.1 Å². The Morgan fingerprint density at radius 3 is 2.94 bits per heavy atom. The molecule has 0 spiro atoms. The molecule has 2 N–H and O–H groups in total. The van der Waals surface area contributed by atoms with Gasteiger partial charge >= 0.3 is 5.97 Å². The number of ether oxygens (including phenoxy) is 1. The number of carbonyl (C=O) groups is 1. The van der Waals surface area contributed by atoms with Crippen molar-refractivity contribution in [3.05, 3.63) is 29.6 Å². The summed E-state index contributed by atoms with van der Waals surface area (Å²) >= 11 is 1.79. The van der Waals surface area contributed by atoms with Gasteiger partial charge in [0.25, 0.3) is 0 Å². The average Bonchev–Trinajstić information content (AvgIpc) is 2.32. The molecule has 0 aliphatic carbocycles. The molecule has 0 bridgehead atoms. The van der Waals surface area contributed by atoms with Crippen LogP contribution in [0.4, 0.5) is 10.1 Å². The summed E-state index contributed by atoms with van der Waals surface area (Å²) in [5.74, 6) is 0.906. The highest BCUT2D eigenvalue weighted by atomic mass is 32.2. The van der Waals surface area contributed by atoms with Gasteiger partial charge in [0, 0.05) is 0 Å². The number of thioether (sulfide) groups is 1. The summed E-state index contributed by atoms with van der Waals surface area (Å²) in [6.07, 6.45) is 0.807. The molecule has 0 atom stereocenters. The van der Waals surface area contributed by atoms with Crippen molar-refractivity contribution in [3.8, 4) is 0 Å². The Morgan fingerprint density at radius 2 is 2.29 bits per heavy atom. The monoisotopic (exact) mass is 257 g/mol. The number of anilines is 1. The molecule has 0 aromatic heterocycles. The first-order valence-electron chi connectivity index (χ1n) is 5.45. The standard InChI is InChI=1S/C12H16FNO2S/c1-2-17-7-3-6-16-12(15)9-4-5-11(14)10(13)8-9/h4-5,8H,2-3,6-7,14H2,1H3. The second kappa shape index (κ2) is 7.17. The van der Waals surface area contributed by atoms with E-state index >= 15 is 0 Å². The molecule has 0 aliphatic rings. The topological polar surface area (TPSA) is 52.3 Å². The minimum Gasteiger partial charge on any atom is -0.462 e. The minimum absolute atomic E-state index is 0.0286. The lowest BCUT2D eigenvalue weighted by atomic mass is 10.2. The molecule has 17 heavy (non-hydrogen) atoms. The Bertz CT molecular complexity index is 385. The van der Waals surface area contributed by atoms with Crippen molar-refractivity contribution >= 4 is 23.4 Å². The Morgan fingerprint density at radius 1 is 1.53 bits per heavy atom. The van der Waals surface area contributed by atoms with Gasteiger partial charge in [0.1, 0.15) is 5.82 Å². The smallest absolute Gasteiger partial charge is 0.338 e. The first-order chi connectivity index (χ1) is 8.15. The molecule has 0 saturated heterocycles. The van der Waals surface area contributed by atoms with Crippen LogP contribution in [0.1, 0.15) is 23.7 Å². The van der Waals surface area contributed by atoms with Gasteiger partial charge in [-0.05, 0) is 36.1 Å². The highest BCUT2D eigenvalue weighted by molar-refractivity contribution is 7.99. The van der Waals surface area contributed by atoms with Crippen LogP contribution in [-0.2, 0) is 4.74 Å². The van der Waals surface area contributed by atoms with Crippen molar-refractivity contribution in [2.45, 2.75) is 13.3 Å². The molecule has 0 radical (unpaired) electrons. The van der Waals surface area contributed by atoms with E-state index in [0.717, 1.165) is 24.0 Å². The van der Waals surface area contributed by atoms with Crippen LogP contribution in [0, 0.1) is 5.82 Å². The second-order valence-corrected chi connectivity index (χ2v) is 4.82. The number of esters is 1. The first kappa shape index (κ1) is 13.8. The molecular formula is C12H16FNO2S. The zero-order chi connectivity index (χ0) is 12.7. The number of rotatable bonds is 6. The van der Waals surface area contributed by atoms with Crippen molar-refractivity contribution in [2.24, 2.45) is 0 Å². The quantitative estimate of drug-likeness (QED) is 0.483. The number of hydrogen-bond acceptors (Lipinski definition) is 4. The minimum atomic E-state index is -0.596. The van der Waals surface area contributed by atoms with Crippen LogP contribution in [0.3, 0.4) is 0 Å². The highest BCUT2D eigenvalue weighted by Crippen LogP contribution is 2.13. The Balaban J connectivity index is 2.39. The van der Waals surface area contributed by atoms with Gasteiger partial charge < -0.3 is 10.5 Å². The van der Waals surface area contributed by atoms with E-state index in [4.69, 9.17) is 10.5 Å². The molecule has 0 amide bonds. The van der Waals surface area contributed by atoms with Gasteiger partial charge in [-0.2, -0.15) is 11.8 Å². The van der Waals surface area contributed by atoms with Gasteiger partial charge in [0.2, 0.25) is 0 Å². The summed E-state index contributed by atoms with van der Waals surface area (Å²) in [6.45, 7) is 2.44. The van der Waals surface area contributed by atoms with Crippen LogP contribution in [0.2, 0.25) is 0 Å². The SMILES string of the molecule is CCSCCCOC(=O)c1ccc(N)c(F)c1. The van der Waals surface area contributed by atoms with Crippen molar-refractivity contribution in [3.63, 3.8) is 0 Å². The maximum Gasteiger partial charge on any atom is 0.338 e. The number of carbonyl (C=O) groups excluding carboxylic acids is 1. The van der Waals surface area contributed by atoms with Crippen molar-refractivity contribution < 1.29 is 13.9 Å². The van der Waals surface area contributed by atoms with Crippen LogP contribution in [0.5, 0.6) is 0 Å². The third-order valence-corrected chi connectivity index (χ3v) is 3.09. The molecule has 3 nitrogen and oxygen atoms in total. The summed E-state index contributed by atoms with van der Waals surface area (Å²) in [5, 5.41) is 0. The van der Waals surface area contributed by atoms with Crippen LogP contribution < -0.4 is 5.73 Å². The van der Waals surface area contributed by atoms with Crippen LogP contribution in [-0.4, -0.2) is 24.1 Å². The lowest BCUT2D eigenvalue weighted by Gasteiger charge is -2.05. The van der Waals surface area contributed by atoms with Gasteiger partial charge in [-0.25, -0.2) is 9.18 Å². The van der Waals surface area contributed by atoms with Crippen molar-refractivity contribution in [1.29, 1.82) is 0 Å². The number of benzene rings is 1. The maximum absolute atomic E-state index is 13.1. The number of hydrogen-bond donors (Lipinski definition) is 1. The molecule has 1 aromatic rings. The highest BCUT2D eigenvalue weighted by Gasteiger charge is 2.09. The van der Waals surface area contributed by atoms with Crippen molar-refractivity contribution in [1.82, 2.24) is 0 Å². The normalized spacial score (nSPS) is 10.2. The fourth-order valence-corrected chi connectivity index (χ4v) is 1.82. The van der Waals surface area contributed by atoms with Crippen LogP contribution in [0.15, 0.2) is 18.2 Å². The molecule has 5 heteroatoms. The summed E-state index contributed by atoms with van der Waals surface area (Å²) in [5.41, 5.74) is 5.54. The van der Waals surface area contributed by atoms with E-state index in [9.17, 15) is 9.18 Å². The lowest BCUT2D eigenvalue weighted by molar-refractivity contribution is 0.0506. The van der Waals surface area contributed by atoms with E-state index in [0.29, 0.717) is 6.61 Å². The van der Waals surface area contributed by atoms with E-state index in [2.05, 4.69) is 6.92 Å². The molecule has 1 rings (SSSR count). The third-order valence-electron chi connectivity index (χ3n) is 2.11. The fraction of sp³-hybridized carbons (Fsp3) is 0.417. The number of nitrogens with two attached hydrogens (primary N) is 1. The molecule has 0 saturated carbocycles. The van der Waals surface area contributed by atoms with Crippen molar-refractivity contribution in [2.75, 3.05) is 23.8 Å². The molecule has 94 valence electrons. The fourth-order valence-electron chi connectivity index (χ4n) is 1.21. The summed E-state index contributed by atoms with van der Waals surface area (Å²) in [4.78, 5) is 11.5. The predicted octanol–water partition coefficient (Wildman–Crippen LogP) is 2.71. The van der Waals surface area contributed by atoms with E-state index in [1.54, 1.807) is 11.8 Å². The average molecular weight is 257 g/mol. The molecule has 0 unspecified atom stereocenters. The molecule has 0 aliphatic heterocycles. The lowest BCUT2D eigenvalue weighted by Crippen LogP contribution is -2.08. The molecule has 0 fully saturated rings. The van der Waals surface area contributed by atoms with Gasteiger partial charge in [0.05, 0.1) is 17.9 Å². The molecule has 1 aromatic carbocycles. The zero-order valence-corrected chi connectivity index (χ0v) is 10.6. The van der Waals surface area contributed by atoms with Gasteiger partial charge in [0.15, 0.2) is 0 Å². The summed E-state index contributed by atoms with van der Waals surface area (Å²) < 4.78 is 18.1. The predicted molar refractivity (Wildman–Crippen MR) is 68.7 cm³/mol. The Labute approximate surface area is 105 Å². The maximum atomic E-state index is 13.1. The van der Waals surface area contributed by atoms with Crippen LogP contribution >= 0.6 is 11.8 Å². The molecule has 0 heterocycles. The zero-order valence-electron chi connectivity index (χ0n) is 9.74. The largest absolute Gasteiger partial charge is 0.462 e. The van der Waals surface area contributed by atoms with Gasteiger partial charge in [-0.3, -0.25) is 0 Å².